The van der Waals surface area contributed by atoms with Crippen molar-refractivity contribution < 1.29 is 23.2 Å². The number of rotatable bonds is 8. The highest BCUT2D eigenvalue weighted by Gasteiger charge is 2.19. The van der Waals surface area contributed by atoms with Crippen LogP contribution in [0.1, 0.15) is 25.3 Å². The van der Waals surface area contributed by atoms with E-state index in [-0.39, 0.29) is 17.9 Å². The molecule has 2 N–H and O–H groups in total. The summed E-state index contributed by atoms with van der Waals surface area (Å²) in [5.41, 5.74) is 0.264. The number of hydrogen-bond donors (Lipinski definition) is 2. The summed E-state index contributed by atoms with van der Waals surface area (Å²) in [6.07, 6.45) is 0.0573. The van der Waals surface area contributed by atoms with Crippen LogP contribution in [0, 0.1) is 10.1 Å². The van der Waals surface area contributed by atoms with Crippen LogP contribution in [0.15, 0.2) is 24.3 Å². The molecule has 0 aliphatic heterocycles. The average Bonchev–Trinajstić information content (AvgIpc) is 2.37. The molecule has 1 rings (SSSR count). The van der Waals surface area contributed by atoms with Gasteiger partial charge in [-0.05, 0) is 12.0 Å². The lowest BCUT2D eigenvalue weighted by Crippen LogP contribution is -2.36. The van der Waals surface area contributed by atoms with Crippen LogP contribution >= 0.6 is 0 Å². The van der Waals surface area contributed by atoms with E-state index < -0.39 is 27.0 Å². The number of aliphatic carboxylic acids is 1. The highest BCUT2D eigenvalue weighted by Crippen LogP contribution is 2.14. The summed E-state index contributed by atoms with van der Waals surface area (Å²) in [4.78, 5) is 20.5. The second-order valence-electron chi connectivity index (χ2n) is 4.50. The Labute approximate surface area is 122 Å². The number of nitrogens with zero attached hydrogens (tertiary/aromatic N) is 1. The van der Waals surface area contributed by atoms with Crippen molar-refractivity contribution in [1.82, 2.24) is 4.72 Å². The molecule has 0 spiro atoms. The Morgan fingerprint density at radius 3 is 2.38 bits per heavy atom. The van der Waals surface area contributed by atoms with Gasteiger partial charge in [0.2, 0.25) is 10.0 Å². The van der Waals surface area contributed by atoms with Crippen LogP contribution < -0.4 is 4.72 Å². The van der Waals surface area contributed by atoms with Gasteiger partial charge in [-0.25, -0.2) is 13.1 Å². The number of carboxylic acid groups (broad SMARTS) is 1. The number of nitrogens with one attached hydrogen (secondary N) is 1. The number of nitro benzene ring substituents is 1. The molecule has 0 fully saturated rings. The van der Waals surface area contributed by atoms with Crippen molar-refractivity contribution in [1.29, 1.82) is 0 Å². The summed E-state index contributed by atoms with van der Waals surface area (Å²) in [7, 11) is -3.71. The summed E-state index contributed by atoms with van der Waals surface area (Å²) >= 11 is 0. The fourth-order valence-electron chi connectivity index (χ4n) is 1.71. The van der Waals surface area contributed by atoms with Gasteiger partial charge in [0.25, 0.3) is 5.69 Å². The van der Waals surface area contributed by atoms with E-state index >= 15 is 0 Å². The topological polar surface area (TPSA) is 127 Å². The summed E-state index contributed by atoms with van der Waals surface area (Å²) in [6.45, 7) is 1.68. The zero-order chi connectivity index (χ0) is 16.0. The summed E-state index contributed by atoms with van der Waals surface area (Å²) in [6, 6.07) is 4.48. The van der Waals surface area contributed by atoms with Crippen LogP contribution in [0.25, 0.3) is 0 Å². The fourth-order valence-corrected chi connectivity index (χ4v) is 3.18. The molecule has 116 valence electrons. The van der Waals surface area contributed by atoms with Crippen molar-refractivity contribution in [3.63, 3.8) is 0 Å². The van der Waals surface area contributed by atoms with Crippen molar-refractivity contribution in [3.05, 3.63) is 39.9 Å². The molecule has 1 aromatic rings. The molecule has 0 radical (unpaired) electrons. The maximum atomic E-state index is 11.9. The zero-order valence-electron chi connectivity index (χ0n) is 11.4. The molecule has 0 heterocycles. The SMILES string of the molecule is CCC(CC(=O)O)NS(=O)(=O)Cc1ccc([N+](=O)[O-])cc1. The van der Waals surface area contributed by atoms with Gasteiger partial charge >= 0.3 is 5.97 Å². The molecular weight excluding hydrogens is 300 g/mol. The molecule has 0 saturated carbocycles. The fraction of sp³-hybridized carbons (Fsp3) is 0.417. The minimum absolute atomic E-state index is 0.124. The van der Waals surface area contributed by atoms with Crippen LogP contribution in [0.3, 0.4) is 0 Å². The molecule has 0 aliphatic rings. The van der Waals surface area contributed by atoms with E-state index in [1.165, 1.54) is 24.3 Å². The molecule has 21 heavy (non-hydrogen) atoms. The minimum Gasteiger partial charge on any atom is -0.481 e. The van der Waals surface area contributed by atoms with Gasteiger partial charge in [-0.2, -0.15) is 0 Å². The first-order valence-electron chi connectivity index (χ1n) is 6.18. The Balaban J connectivity index is 2.75. The van der Waals surface area contributed by atoms with Crippen LogP contribution in [0.4, 0.5) is 5.69 Å². The zero-order valence-corrected chi connectivity index (χ0v) is 12.2. The lowest BCUT2D eigenvalue weighted by molar-refractivity contribution is -0.384. The number of nitro groups is 1. The molecule has 0 amide bonds. The molecule has 0 saturated heterocycles. The molecule has 0 aromatic heterocycles. The van der Waals surface area contributed by atoms with Crippen LogP contribution in [-0.4, -0.2) is 30.5 Å². The van der Waals surface area contributed by atoms with E-state index in [4.69, 9.17) is 5.11 Å². The van der Waals surface area contributed by atoms with Gasteiger partial charge in [0.05, 0.1) is 17.1 Å². The Hall–Kier alpha value is -2.00. The maximum Gasteiger partial charge on any atom is 0.304 e. The van der Waals surface area contributed by atoms with E-state index in [0.717, 1.165) is 0 Å². The standard InChI is InChI=1S/C12H16N2O6S/c1-2-10(7-12(15)16)13-21(19,20)8-9-3-5-11(6-4-9)14(17)18/h3-6,10,13H,2,7-8H2,1H3,(H,15,16). The second-order valence-corrected chi connectivity index (χ2v) is 6.26. The number of benzene rings is 1. The number of sulfonamides is 1. The Morgan fingerprint density at radius 2 is 1.95 bits per heavy atom. The van der Waals surface area contributed by atoms with E-state index in [9.17, 15) is 23.3 Å². The number of carboxylic acids is 1. The molecule has 1 aromatic carbocycles. The summed E-state index contributed by atoms with van der Waals surface area (Å²) < 4.78 is 26.2. The number of non-ortho nitro benzene ring substituents is 1. The molecule has 8 nitrogen and oxygen atoms in total. The van der Waals surface area contributed by atoms with E-state index in [1.54, 1.807) is 6.92 Å². The third-order valence-corrected chi connectivity index (χ3v) is 4.17. The van der Waals surface area contributed by atoms with E-state index in [2.05, 4.69) is 4.72 Å². The molecule has 1 unspecified atom stereocenters. The van der Waals surface area contributed by atoms with E-state index in [0.29, 0.717) is 12.0 Å². The first kappa shape index (κ1) is 17.1. The van der Waals surface area contributed by atoms with Gasteiger partial charge in [-0.1, -0.05) is 19.1 Å². The van der Waals surface area contributed by atoms with Crippen LogP contribution in [-0.2, 0) is 20.6 Å². The molecular formula is C12H16N2O6S. The van der Waals surface area contributed by atoms with Crippen molar-refractivity contribution in [2.45, 2.75) is 31.6 Å². The predicted molar refractivity (Wildman–Crippen MR) is 75.2 cm³/mol. The number of carbonyl (C=O) groups is 1. The monoisotopic (exact) mass is 316 g/mol. The lowest BCUT2D eigenvalue weighted by atomic mass is 10.2. The van der Waals surface area contributed by atoms with Gasteiger partial charge in [0.1, 0.15) is 0 Å². The largest absolute Gasteiger partial charge is 0.481 e. The third-order valence-electron chi connectivity index (χ3n) is 2.76. The molecule has 0 bridgehead atoms. The highest BCUT2D eigenvalue weighted by molar-refractivity contribution is 7.88. The Bertz CT molecular complexity index is 611. The molecule has 9 heteroatoms. The Kier molecular flexibility index (Phi) is 5.79. The minimum atomic E-state index is -3.71. The average molecular weight is 316 g/mol. The van der Waals surface area contributed by atoms with Crippen LogP contribution in [0.2, 0.25) is 0 Å². The quantitative estimate of drug-likeness (QED) is 0.549. The van der Waals surface area contributed by atoms with Crippen molar-refractivity contribution in [2.75, 3.05) is 0 Å². The predicted octanol–water partition coefficient (Wildman–Crippen LogP) is 1.27. The number of hydrogen-bond acceptors (Lipinski definition) is 5. The Morgan fingerprint density at radius 1 is 1.38 bits per heavy atom. The smallest absolute Gasteiger partial charge is 0.304 e. The summed E-state index contributed by atoms with van der Waals surface area (Å²) in [5.74, 6) is -1.44. The van der Waals surface area contributed by atoms with Crippen LogP contribution in [0.5, 0.6) is 0 Å². The second kappa shape index (κ2) is 7.14. The normalized spacial score (nSPS) is 12.8. The van der Waals surface area contributed by atoms with Gasteiger partial charge in [0.15, 0.2) is 0 Å². The van der Waals surface area contributed by atoms with Gasteiger partial charge in [-0.15, -0.1) is 0 Å². The van der Waals surface area contributed by atoms with E-state index in [1.807, 2.05) is 0 Å². The van der Waals surface area contributed by atoms with Crippen molar-refractivity contribution in [3.8, 4) is 0 Å². The third kappa shape index (κ3) is 5.88. The van der Waals surface area contributed by atoms with Crippen molar-refractivity contribution in [2.24, 2.45) is 0 Å². The highest BCUT2D eigenvalue weighted by atomic mass is 32.2. The molecule has 0 aliphatic carbocycles. The van der Waals surface area contributed by atoms with Gasteiger partial charge in [-0.3, -0.25) is 14.9 Å². The van der Waals surface area contributed by atoms with Gasteiger partial charge < -0.3 is 5.11 Å². The molecule has 1 atom stereocenters. The first-order valence-corrected chi connectivity index (χ1v) is 7.84. The maximum absolute atomic E-state index is 11.9. The lowest BCUT2D eigenvalue weighted by Gasteiger charge is -2.15. The van der Waals surface area contributed by atoms with Gasteiger partial charge in [0, 0.05) is 18.2 Å². The summed E-state index contributed by atoms with van der Waals surface area (Å²) in [5, 5.41) is 19.2. The van der Waals surface area contributed by atoms with Crippen molar-refractivity contribution >= 4 is 21.7 Å². The first-order chi connectivity index (χ1) is 9.73.